The highest BCUT2D eigenvalue weighted by Crippen LogP contribution is 2.34. The van der Waals surface area contributed by atoms with Crippen molar-refractivity contribution in [2.75, 3.05) is 7.11 Å². The third-order valence-electron chi connectivity index (χ3n) is 3.51. The predicted molar refractivity (Wildman–Crippen MR) is 88.3 cm³/mol. The van der Waals surface area contributed by atoms with Gasteiger partial charge in [0, 0.05) is 17.2 Å². The average Bonchev–Trinajstić information content (AvgIpc) is 2.62. The lowest BCUT2D eigenvalue weighted by Crippen LogP contribution is -1.95. The van der Waals surface area contributed by atoms with Gasteiger partial charge in [-0.25, -0.2) is 4.98 Å². The average molecular weight is 306 g/mol. The zero-order chi connectivity index (χ0) is 16.2. The van der Waals surface area contributed by atoms with Crippen LogP contribution >= 0.6 is 0 Å². The maximum Gasteiger partial charge on any atom is 0.288 e. The van der Waals surface area contributed by atoms with Gasteiger partial charge >= 0.3 is 0 Å². The van der Waals surface area contributed by atoms with Gasteiger partial charge in [0.1, 0.15) is 11.9 Å². The van der Waals surface area contributed by atoms with Crippen LogP contribution in [0.1, 0.15) is 0 Å². The standard InChI is InChI=1S/C18H14N2O3/c1-23-16-9-5-8-14(10-16)18-17(13-6-3-2-4-7-13)11-15(12-19-18)20(21)22/h2-12H,1H3. The molecule has 0 spiro atoms. The molecule has 0 radical (unpaired) electrons. The molecule has 5 heteroatoms. The Balaban J connectivity index is 2.21. The van der Waals surface area contributed by atoms with Gasteiger partial charge in [0.25, 0.3) is 5.69 Å². The van der Waals surface area contributed by atoms with Gasteiger partial charge in [0.15, 0.2) is 0 Å². The maximum absolute atomic E-state index is 11.1. The highest BCUT2D eigenvalue weighted by atomic mass is 16.6. The fourth-order valence-electron chi connectivity index (χ4n) is 2.39. The van der Waals surface area contributed by atoms with Crippen LogP contribution in [-0.4, -0.2) is 17.0 Å². The number of nitro groups is 1. The second-order valence-electron chi connectivity index (χ2n) is 4.94. The lowest BCUT2D eigenvalue weighted by atomic mass is 9.99. The highest BCUT2D eigenvalue weighted by Gasteiger charge is 2.15. The van der Waals surface area contributed by atoms with Crippen LogP contribution in [0.2, 0.25) is 0 Å². The molecule has 0 aliphatic rings. The first-order valence-corrected chi connectivity index (χ1v) is 7.03. The van der Waals surface area contributed by atoms with Crippen LogP contribution in [0.25, 0.3) is 22.4 Å². The Labute approximate surface area is 133 Å². The van der Waals surface area contributed by atoms with Crippen molar-refractivity contribution in [3.63, 3.8) is 0 Å². The van der Waals surface area contributed by atoms with E-state index in [1.165, 1.54) is 6.20 Å². The molecule has 2 aromatic carbocycles. The van der Waals surface area contributed by atoms with Crippen molar-refractivity contribution in [2.24, 2.45) is 0 Å². The van der Waals surface area contributed by atoms with Crippen molar-refractivity contribution in [1.82, 2.24) is 4.98 Å². The molecular formula is C18H14N2O3. The van der Waals surface area contributed by atoms with E-state index in [1.807, 2.05) is 54.6 Å². The Morgan fingerprint density at radius 2 is 1.74 bits per heavy atom. The fourth-order valence-corrected chi connectivity index (χ4v) is 2.39. The van der Waals surface area contributed by atoms with Gasteiger partial charge < -0.3 is 4.74 Å². The molecule has 0 bridgehead atoms. The summed E-state index contributed by atoms with van der Waals surface area (Å²) in [4.78, 5) is 15.0. The Hall–Kier alpha value is -3.21. The quantitative estimate of drug-likeness (QED) is 0.531. The minimum absolute atomic E-state index is 0.0319. The zero-order valence-electron chi connectivity index (χ0n) is 12.5. The Morgan fingerprint density at radius 3 is 2.43 bits per heavy atom. The minimum Gasteiger partial charge on any atom is -0.497 e. The number of ether oxygens (including phenoxy) is 1. The molecule has 0 aliphatic carbocycles. The molecular weight excluding hydrogens is 292 g/mol. The Kier molecular flexibility index (Phi) is 4.01. The summed E-state index contributed by atoms with van der Waals surface area (Å²) in [6.45, 7) is 0. The van der Waals surface area contributed by atoms with Gasteiger partial charge in [-0.3, -0.25) is 10.1 Å². The van der Waals surface area contributed by atoms with E-state index < -0.39 is 4.92 Å². The van der Waals surface area contributed by atoms with Crippen molar-refractivity contribution < 1.29 is 9.66 Å². The van der Waals surface area contributed by atoms with Crippen LogP contribution in [0.3, 0.4) is 0 Å². The molecule has 114 valence electrons. The van der Waals surface area contributed by atoms with Crippen LogP contribution in [0.15, 0.2) is 66.9 Å². The predicted octanol–water partition coefficient (Wildman–Crippen LogP) is 4.33. The molecule has 0 amide bonds. The van der Waals surface area contributed by atoms with E-state index >= 15 is 0 Å². The third kappa shape index (κ3) is 3.03. The topological polar surface area (TPSA) is 65.3 Å². The van der Waals surface area contributed by atoms with E-state index in [1.54, 1.807) is 13.2 Å². The molecule has 0 atom stereocenters. The van der Waals surface area contributed by atoms with Gasteiger partial charge in [-0.1, -0.05) is 42.5 Å². The summed E-state index contributed by atoms with van der Waals surface area (Å²) in [5, 5.41) is 11.1. The molecule has 0 saturated heterocycles. The van der Waals surface area contributed by atoms with Crippen molar-refractivity contribution in [3.8, 4) is 28.1 Å². The molecule has 0 saturated carbocycles. The number of hydrogen-bond donors (Lipinski definition) is 0. The smallest absolute Gasteiger partial charge is 0.288 e. The number of aromatic nitrogens is 1. The number of nitrogens with zero attached hydrogens (tertiary/aromatic N) is 2. The first-order valence-electron chi connectivity index (χ1n) is 7.03. The van der Waals surface area contributed by atoms with E-state index in [4.69, 9.17) is 4.74 Å². The summed E-state index contributed by atoms with van der Waals surface area (Å²) in [6, 6.07) is 18.5. The lowest BCUT2D eigenvalue weighted by Gasteiger charge is -2.10. The summed E-state index contributed by atoms with van der Waals surface area (Å²) >= 11 is 0. The minimum atomic E-state index is -0.436. The fraction of sp³-hybridized carbons (Fsp3) is 0.0556. The number of rotatable bonds is 4. The summed E-state index contributed by atoms with van der Waals surface area (Å²) < 4.78 is 5.25. The molecule has 1 aromatic heterocycles. The van der Waals surface area contributed by atoms with Crippen LogP contribution in [-0.2, 0) is 0 Å². The second kappa shape index (κ2) is 6.27. The second-order valence-corrected chi connectivity index (χ2v) is 4.94. The number of methoxy groups -OCH3 is 1. The third-order valence-corrected chi connectivity index (χ3v) is 3.51. The van der Waals surface area contributed by atoms with Gasteiger partial charge in [-0.05, 0) is 17.7 Å². The molecule has 3 rings (SSSR count). The van der Waals surface area contributed by atoms with Gasteiger partial charge in [0.05, 0.1) is 17.7 Å². The molecule has 0 fully saturated rings. The molecule has 5 nitrogen and oxygen atoms in total. The normalized spacial score (nSPS) is 10.3. The van der Waals surface area contributed by atoms with Crippen LogP contribution in [0.5, 0.6) is 5.75 Å². The summed E-state index contributed by atoms with van der Waals surface area (Å²) in [6.07, 6.45) is 1.28. The van der Waals surface area contributed by atoms with E-state index in [0.717, 1.165) is 11.1 Å². The van der Waals surface area contributed by atoms with Gasteiger partial charge in [-0.2, -0.15) is 0 Å². The van der Waals surface area contributed by atoms with Crippen molar-refractivity contribution in [2.45, 2.75) is 0 Å². The lowest BCUT2D eigenvalue weighted by molar-refractivity contribution is -0.385. The summed E-state index contributed by atoms with van der Waals surface area (Å²) in [5.74, 6) is 0.710. The Morgan fingerprint density at radius 1 is 1.00 bits per heavy atom. The monoisotopic (exact) mass is 306 g/mol. The molecule has 0 unspecified atom stereocenters. The van der Waals surface area contributed by atoms with Crippen LogP contribution in [0.4, 0.5) is 5.69 Å². The van der Waals surface area contributed by atoms with Crippen molar-refractivity contribution in [1.29, 1.82) is 0 Å². The van der Waals surface area contributed by atoms with Crippen LogP contribution in [0, 0.1) is 10.1 Å². The van der Waals surface area contributed by atoms with E-state index in [0.29, 0.717) is 17.0 Å². The summed E-state index contributed by atoms with van der Waals surface area (Å²) in [7, 11) is 1.60. The van der Waals surface area contributed by atoms with Crippen molar-refractivity contribution >= 4 is 5.69 Å². The number of pyridine rings is 1. The van der Waals surface area contributed by atoms with E-state index in [9.17, 15) is 10.1 Å². The number of benzene rings is 2. The first-order chi connectivity index (χ1) is 11.2. The first kappa shape index (κ1) is 14.7. The SMILES string of the molecule is COc1cccc(-c2ncc([N+](=O)[O-])cc2-c2ccccc2)c1. The van der Waals surface area contributed by atoms with Gasteiger partial charge in [0.2, 0.25) is 0 Å². The summed E-state index contributed by atoms with van der Waals surface area (Å²) in [5.41, 5.74) is 3.09. The zero-order valence-corrected chi connectivity index (χ0v) is 12.5. The van der Waals surface area contributed by atoms with Crippen LogP contribution < -0.4 is 4.74 Å². The molecule has 23 heavy (non-hydrogen) atoms. The largest absolute Gasteiger partial charge is 0.497 e. The molecule has 0 aliphatic heterocycles. The Bertz CT molecular complexity index is 848. The highest BCUT2D eigenvalue weighted by molar-refractivity contribution is 5.82. The maximum atomic E-state index is 11.1. The van der Waals surface area contributed by atoms with Crippen molar-refractivity contribution in [3.05, 3.63) is 77.0 Å². The molecule has 1 heterocycles. The molecule has 3 aromatic rings. The molecule has 0 N–H and O–H groups in total. The van der Waals surface area contributed by atoms with Gasteiger partial charge in [-0.15, -0.1) is 0 Å². The van der Waals surface area contributed by atoms with E-state index in [-0.39, 0.29) is 5.69 Å². The number of hydrogen-bond acceptors (Lipinski definition) is 4. The van der Waals surface area contributed by atoms with E-state index in [2.05, 4.69) is 4.98 Å².